The first-order valence-corrected chi connectivity index (χ1v) is 6.68. The Morgan fingerprint density at radius 2 is 2.20 bits per heavy atom. The number of hydrogen-bond donors (Lipinski definition) is 1. The summed E-state index contributed by atoms with van der Waals surface area (Å²) in [5.74, 6) is 0.612. The van der Waals surface area contributed by atoms with Gasteiger partial charge < -0.3 is 14.6 Å². The van der Waals surface area contributed by atoms with Gasteiger partial charge in [-0.2, -0.15) is 0 Å². The number of nitrogens with one attached hydrogen (secondary N) is 1. The fourth-order valence-corrected chi connectivity index (χ4v) is 1.71. The Bertz CT molecular complexity index is 572. The van der Waals surface area contributed by atoms with Crippen LogP contribution in [0.4, 0.5) is 4.39 Å². The SMILES string of the molecule is CC(C)NCc1cc(COc2ccc(F)c(Cl)c2)on1. The second kappa shape index (κ2) is 6.72. The molecule has 0 fully saturated rings. The van der Waals surface area contributed by atoms with Gasteiger partial charge >= 0.3 is 0 Å². The first-order valence-electron chi connectivity index (χ1n) is 6.30. The van der Waals surface area contributed by atoms with Gasteiger partial charge in [-0.15, -0.1) is 0 Å². The summed E-state index contributed by atoms with van der Waals surface area (Å²) in [6.45, 7) is 4.98. The highest BCUT2D eigenvalue weighted by Crippen LogP contribution is 2.22. The van der Waals surface area contributed by atoms with Crippen molar-refractivity contribution in [3.05, 3.63) is 46.6 Å². The van der Waals surface area contributed by atoms with Crippen LogP contribution >= 0.6 is 11.6 Å². The topological polar surface area (TPSA) is 47.3 Å². The second-order valence-electron chi connectivity index (χ2n) is 4.68. The molecule has 0 spiro atoms. The molecule has 108 valence electrons. The van der Waals surface area contributed by atoms with Gasteiger partial charge in [0.2, 0.25) is 0 Å². The van der Waals surface area contributed by atoms with E-state index in [1.165, 1.54) is 18.2 Å². The van der Waals surface area contributed by atoms with Gasteiger partial charge in [-0.1, -0.05) is 30.6 Å². The van der Waals surface area contributed by atoms with Gasteiger partial charge in [0, 0.05) is 24.7 Å². The van der Waals surface area contributed by atoms with Crippen LogP contribution in [0, 0.1) is 5.82 Å². The molecule has 0 unspecified atom stereocenters. The maximum atomic E-state index is 13.0. The lowest BCUT2D eigenvalue weighted by Gasteiger charge is -2.04. The van der Waals surface area contributed by atoms with Crippen molar-refractivity contribution in [2.24, 2.45) is 0 Å². The molecule has 0 aliphatic heterocycles. The van der Waals surface area contributed by atoms with Gasteiger partial charge in [0.05, 0.1) is 10.7 Å². The molecule has 1 heterocycles. The molecule has 1 aromatic heterocycles. The lowest BCUT2D eigenvalue weighted by molar-refractivity contribution is 0.248. The highest BCUT2D eigenvalue weighted by Gasteiger charge is 2.07. The van der Waals surface area contributed by atoms with Crippen molar-refractivity contribution in [3.8, 4) is 5.75 Å². The molecule has 0 saturated carbocycles. The largest absolute Gasteiger partial charge is 0.485 e. The van der Waals surface area contributed by atoms with Crippen molar-refractivity contribution in [2.75, 3.05) is 0 Å². The van der Waals surface area contributed by atoms with Crippen LogP contribution in [0.1, 0.15) is 25.3 Å². The highest BCUT2D eigenvalue weighted by atomic mass is 35.5. The van der Waals surface area contributed by atoms with Crippen molar-refractivity contribution in [2.45, 2.75) is 33.0 Å². The van der Waals surface area contributed by atoms with E-state index in [1.54, 1.807) is 0 Å². The smallest absolute Gasteiger partial charge is 0.174 e. The third-order valence-electron chi connectivity index (χ3n) is 2.57. The fourth-order valence-electron chi connectivity index (χ4n) is 1.54. The van der Waals surface area contributed by atoms with Crippen LogP contribution in [-0.4, -0.2) is 11.2 Å². The van der Waals surface area contributed by atoms with E-state index in [0.717, 1.165) is 5.69 Å². The Morgan fingerprint density at radius 3 is 2.90 bits per heavy atom. The van der Waals surface area contributed by atoms with Crippen LogP contribution in [0.2, 0.25) is 5.02 Å². The monoisotopic (exact) mass is 298 g/mol. The van der Waals surface area contributed by atoms with Gasteiger partial charge in [0.15, 0.2) is 5.76 Å². The number of nitrogens with zero attached hydrogens (tertiary/aromatic N) is 1. The molecular formula is C14H16ClFN2O2. The lowest BCUT2D eigenvalue weighted by atomic mass is 10.3. The molecule has 0 saturated heterocycles. The van der Waals surface area contributed by atoms with Gasteiger partial charge in [-0.3, -0.25) is 0 Å². The predicted octanol–water partition coefficient (Wildman–Crippen LogP) is 3.54. The van der Waals surface area contributed by atoms with Gasteiger partial charge in [0.1, 0.15) is 18.2 Å². The van der Waals surface area contributed by atoms with Gasteiger partial charge in [-0.25, -0.2) is 4.39 Å². The zero-order valence-corrected chi connectivity index (χ0v) is 12.1. The third kappa shape index (κ3) is 4.21. The number of hydrogen-bond acceptors (Lipinski definition) is 4. The molecule has 20 heavy (non-hydrogen) atoms. The molecule has 0 radical (unpaired) electrons. The molecular weight excluding hydrogens is 283 g/mol. The van der Waals surface area contributed by atoms with Crippen LogP contribution in [0.5, 0.6) is 5.75 Å². The summed E-state index contributed by atoms with van der Waals surface area (Å²) in [6, 6.07) is 6.40. The average molecular weight is 299 g/mol. The lowest BCUT2D eigenvalue weighted by Crippen LogP contribution is -2.21. The first-order chi connectivity index (χ1) is 9.54. The molecule has 0 amide bonds. The summed E-state index contributed by atoms with van der Waals surface area (Å²) < 4.78 is 23.6. The standard InChI is InChI=1S/C14H16ClFN2O2/c1-9(2)17-7-10-5-12(20-18-10)8-19-11-3-4-14(16)13(15)6-11/h3-6,9,17H,7-8H2,1-2H3. The number of benzene rings is 1. The first kappa shape index (κ1) is 14.8. The molecule has 1 aromatic carbocycles. The normalized spacial score (nSPS) is 11.1. The molecule has 4 nitrogen and oxygen atoms in total. The number of halogens is 2. The quantitative estimate of drug-likeness (QED) is 0.886. The van der Waals surface area contributed by atoms with Crippen LogP contribution in [0.3, 0.4) is 0 Å². The van der Waals surface area contributed by atoms with Crippen molar-refractivity contribution in [1.82, 2.24) is 10.5 Å². The summed E-state index contributed by atoms with van der Waals surface area (Å²) in [5, 5.41) is 7.20. The van der Waals surface area contributed by atoms with Crippen LogP contribution in [0.25, 0.3) is 0 Å². The number of aromatic nitrogens is 1. The molecule has 2 aromatic rings. The maximum absolute atomic E-state index is 13.0. The second-order valence-corrected chi connectivity index (χ2v) is 5.09. The highest BCUT2D eigenvalue weighted by molar-refractivity contribution is 6.30. The van der Waals surface area contributed by atoms with E-state index in [-0.39, 0.29) is 11.6 Å². The van der Waals surface area contributed by atoms with E-state index in [0.29, 0.717) is 24.1 Å². The summed E-state index contributed by atoms with van der Waals surface area (Å²) in [4.78, 5) is 0. The van der Waals surface area contributed by atoms with E-state index in [2.05, 4.69) is 24.3 Å². The van der Waals surface area contributed by atoms with E-state index >= 15 is 0 Å². The van der Waals surface area contributed by atoms with Crippen molar-refractivity contribution >= 4 is 11.6 Å². The summed E-state index contributed by atoms with van der Waals surface area (Å²) in [5.41, 5.74) is 0.814. The third-order valence-corrected chi connectivity index (χ3v) is 2.86. The van der Waals surface area contributed by atoms with Crippen molar-refractivity contribution in [1.29, 1.82) is 0 Å². The zero-order chi connectivity index (χ0) is 14.5. The molecule has 6 heteroatoms. The van der Waals surface area contributed by atoms with Crippen LogP contribution in [-0.2, 0) is 13.2 Å². The van der Waals surface area contributed by atoms with Crippen LogP contribution in [0.15, 0.2) is 28.8 Å². The zero-order valence-electron chi connectivity index (χ0n) is 11.3. The minimum Gasteiger partial charge on any atom is -0.485 e. The number of rotatable bonds is 6. The molecule has 2 rings (SSSR count). The molecule has 1 N–H and O–H groups in total. The Hall–Kier alpha value is -1.59. The molecule has 0 bridgehead atoms. The van der Waals surface area contributed by atoms with E-state index in [4.69, 9.17) is 20.9 Å². The minimum absolute atomic E-state index is 0.0295. The Morgan fingerprint density at radius 1 is 1.40 bits per heavy atom. The van der Waals surface area contributed by atoms with E-state index < -0.39 is 5.82 Å². The Balaban J connectivity index is 1.89. The van der Waals surface area contributed by atoms with Gasteiger partial charge in [-0.05, 0) is 12.1 Å². The molecule has 0 aliphatic rings. The minimum atomic E-state index is -0.472. The Labute approximate surface area is 121 Å². The van der Waals surface area contributed by atoms with Crippen molar-refractivity contribution in [3.63, 3.8) is 0 Å². The Kier molecular flexibility index (Phi) is 4.98. The van der Waals surface area contributed by atoms with Gasteiger partial charge in [0.25, 0.3) is 0 Å². The fraction of sp³-hybridized carbons (Fsp3) is 0.357. The maximum Gasteiger partial charge on any atom is 0.174 e. The van der Waals surface area contributed by atoms with E-state index in [1.807, 2.05) is 6.07 Å². The van der Waals surface area contributed by atoms with E-state index in [9.17, 15) is 4.39 Å². The average Bonchev–Trinajstić information content (AvgIpc) is 2.86. The predicted molar refractivity (Wildman–Crippen MR) is 74.2 cm³/mol. The van der Waals surface area contributed by atoms with Crippen molar-refractivity contribution < 1.29 is 13.7 Å². The summed E-state index contributed by atoms with van der Waals surface area (Å²) in [6.07, 6.45) is 0. The molecule has 0 aliphatic carbocycles. The molecule has 0 atom stereocenters. The van der Waals surface area contributed by atoms with Crippen LogP contribution < -0.4 is 10.1 Å². The summed E-state index contributed by atoms with van der Waals surface area (Å²) in [7, 11) is 0. The summed E-state index contributed by atoms with van der Waals surface area (Å²) >= 11 is 5.67. The number of ether oxygens (including phenoxy) is 1.